The van der Waals surface area contributed by atoms with Gasteiger partial charge in [-0.2, -0.15) is 0 Å². The second kappa shape index (κ2) is 5.95. The summed E-state index contributed by atoms with van der Waals surface area (Å²) in [6.45, 7) is 0.420. The Labute approximate surface area is 98.3 Å². The van der Waals surface area contributed by atoms with Crippen LogP contribution >= 0.6 is 23.2 Å². The molecule has 0 saturated carbocycles. The van der Waals surface area contributed by atoms with Gasteiger partial charge in [-0.05, 0) is 17.7 Å². The van der Waals surface area contributed by atoms with Gasteiger partial charge in [0.1, 0.15) is 6.61 Å². The van der Waals surface area contributed by atoms with Crippen LogP contribution in [0.3, 0.4) is 0 Å². The second-order valence-electron chi connectivity index (χ2n) is 2.95. The molecule has 1 rings (SSSR count). The molecule has 0 bridgehead atoms. The third-order valence-corrected chi connectivity index (χ3v) is 2.35. The van der Waals surface area contributed by atoms with Crippen molar-refractivity contribution in [3.63, 3.8) is 0 Å². The lowest BCUT2D eigenvalue weighted by molar-refractivity contribution is -0.124. The largest absolute Gasteiger partial charge is 0.375 e. The molecule has 0 fully saturated rings. The zero-order valence-corrected chi connectivity index (χ0v) is 9.73. The van der Waals surface area contributed by atoms with Crippen molar-refractivity contribution in [1.29, 1.82) is 0 Å². The number of amides is 1. The van der Waals surface area contributed by atoms with Crippen LogP contribution in [0.5, 0.6) is 0 Å². The van der Waals surface area contributed by atoms with E-state index in [0.717, 1.165) is 5.56 Å². The summed E-state index contributed by atoms with van der Waals surface area (Å²) in [6, 6.07) is 5.14. The maximum atomic E-state index is 11.1. The van der Waals surface area contributed by atoms with Crippen LogP contribution in [0.15, 0.2) is 18.2 Å². The molecule has 0 saturated heterocycles. The summed E-state index contributed by atoms with van der Waals surface area (Å²) >= 11 is 11.7. The first kappa shape index (κ1) is 12.3. The highest BCUT2D eigenvalue weighted by molar-refractivity contribution is 6.35. The molecule has 0 aliphatic rings. The van der Waals surface area contributed by atoms with Crippen LogP contribution in [0.1, 0.15) is 5.56 Å². The third-order valence-electron chi connectivity index (χ3n) is 1.77. The molecule has 1 N–H and O–H groups in total. The minimum Gasteiger partial charge on any atom is -0.375 e. The molecule has 0 spiro atoms. The molecule has 3 nitrogen and oxygen atoms in total. The van der Waals surface area contributed by atoms with Gasteiger partial charge in [-0.25, -0.2) is 0 Å². The van der Waals surface area contributed by atoms with Crippen molar-refractivity contribution < 1.29 is 9.53 Å². The lowest BCUT2D eigenvalue weighted by Crippen LogP contribution is -2.26. The molecule has 0 aliphatic carbocycles. The molecule has 1 aromatic carbocycles. The summed E-state index contributed by atoms with van der Waals surface area (Å²) in [5.74, 6) is -0.177. The monoisotopic (exact) mass is 247 g/mol. The Morgan fingerprint density at radius 3 is 2.80 bits per heavy atom. The van der Waals surface area contributed by atoms with Gasteiger partial charge in [0.2, 0.25) is 5.91 Å². The van der Waals surface area contributed by atoms with Gasteiger partial charge in [0.15, 0.2) is 0 Å². The first-order chi connectivity index (χ1) is 7.13. The van der Waals surface area contributed by atoms with Crippen molar-refractivity contribution in [3.8, 4) is 0 Å². The maximum Gasteiger partial charge on any atom is 0.246 e. The Hall–Kier alpha value is -0.770. The van der Waals surface area contributed by atoms with Crippen LogP contribution in [0, 0.1) is 0 Å². The summed E-state index contributed by atoms with van der Waals surface area (Å²) in [5, 5.41) is 3.79. The summed E-state index contributed by atoms with van der Waals surface area (Å²) in [4.78, 5) is 11.1. The van der Waals surface area contributed by atoms with E-state index in [1.54, 1.807) is 18.2 Å². The second-order valence-corrected chi connectivity index (χ2v) is 3.79. The van der Waals surface area contributed by atoms with E-state index >= 15 is 0 Å². The van der Waals surface area contributed by atoms with Crippen molar-refractivity contribution in [2.75, 3.05) is 13.7 Å². The van der Waals surface area contributed by atoms with Gasteiger partial charge in [0.05, 0.1) is 0 Å². The first-order valence-corrected chi connectivity index (χ1v) is 5.08. The molecule has 15 heavy (non-hydrogen) atoms. The number of nitrogens with one attached hydrogen (secondary N) is 1. The number of benzene rings is 1. The van der Waals surface area contributed by atoms with Crippen molar-refractivity contribution in [2.24, 2.45) is 0 Å². The predicted molar refractivity (Wildman–Crippen MR) is 60.2 cm³/mol. The van der Waals surface area contributed by atoms with Crippen molar-refractivity contribution in [2.45, 2.75) is 6.54 Å². The van der Waals surface area contributed by atoms with E-state index in [-0.39, 0.29) is 12.5 Å². The predicted octanol–water partition coefficient (Wildman–Crippen LogP) is 2.26. The van der Waals surface area contributed by atoms with Crippen molar-refractivity contribution in [1.82, 2.24) is 5.32 Å². The van der Waals surface area contributed by atoms with Gasteiger partial charge < -0.3 is 10.1 Å². The topological polar surface area (TPSA) is 38.3 Å². The minimum absolute atomic E-state index is 0.0468. The molecule has 5 heteroatoms. The average molecular weight is 248 g/mol. The number of hydrogen-bond acceptors (Lipinski definition) is 2. The highest BCUT2D eigenvalue weighted by Gasteiger charge is 2.03. The van der Waals surface area contributed by atoms with Gasteiger partial charge in [-0.1, -0.05) is 29.3 Å². The average Bonchev–Trinajstić information content (AvgIpc) is 2.17. The van der Waals surface area contributed by atoms with E-state index in [1.807, 2.05) is 0 Å². The highest BCUT2D eigenvalue weighted by Crippen LogP contribution is 2.20. The summed E-state index contributed by atoms with van der Waals surface area (Å²) < 4.78 is 4.68. The van der Waals surface area contributed by atoms with Crippen molar-refractivity contribution >= 4 is 29.1 Å². The van der Waals surface area contributed by atoms with Gasteiger partial charge >= 0.3 is 0 Å². The summed E-state index contributed by atoms with van der Waals surface area (Å²) in [6.07, 6.45) is 0. The first-order valence-electron chi connectivity index (χ1n) is 4.33. The van der Waals surface area contributed by atoms with Gasteiger partial charge in [0, 0.05) is 23.7 Å². The molecule has 1 amide bonds. The summed E-state index contributed by atoms with van der Waals surface area (Å²) in [5.41, 5.74) is 0.825. The van der Waals surface area contributed by atoms with Crippen LogP contribution in [-0.2, 0) is 16.1 Å². The van der Waals surface area contributed by atoms with E-state index < -0.39 is 0 Å². The van der Waals surface area contributed by atoms with Gasteiger partial charge in [-0.15, -0.1) is 0 Å². The zero-order chi connectivity index (χ0) is 11.3. The van der Waals surface area contributed by atoms with Gasteiger partial charge in [-0.3, -0.25) is 4.79 Å². The quantitative estimate of drug-likeness (QED) is 0.887. The Morgan fingerprint density at radius 2 is 2.20 bits per heavy atom. The fourth-order valence-corrected chi connectivity index (χ4v) is 1.52. The molecule has 0 heterocycles. The number of ether oxygens (including phenoxy) is 1. The van der Waals surface area contributed by atoms with Crippen LogP contribution in [0.2, 0.25) is 10.0 Å². The zero-order valence-electron chi connectivity index (χ0n) is 8.22. The Morgan fingerprint density at radius 1 is 1.47 bits per heavy atom. The highest BCUT2D eigenvalue weighted by atomic mass is 35.5. The normalized spacial score (nSPS) is 10.1. The fraction of sp³-hybridized carbons (Fsp3) is 0.300. The molecule has 1 aromatic rings. The molecule has 82 valence electrons. The molecule has 0 radical (unpaired) electrons. The SMILES string of the molecule is COCC(=O)NCc1ccc(Cl)cc1Cl. The Kier molecular flexibility index (Phi) is 4.88. The number of methoxy groups -OCH3 is 1. The van der Waals surface area contributed by atoms with E-state index in [1.165, 1.54) is 7.11 Å². The lowest BCUT2D eigenvalue weighted by Gasteiger charge is -2.06. The van der Waals surface area contributed by atoms with E-state index in [0.29, 0.717) is 16.6 Å². The maximum absolute atomic E-state index is 11.1. The smallest absolute Gasteiger partial charge is 0.246 e. The van der Waals surface area contributed by atoms with Crippen LogP contribution < -0.4 is 5.32 Å². The number of hydrogen-bond donors (Lipinski definition) is 1. The number of halogens is 2. The molecule has 0 unspecified atom stereocenters. The summed E-state index contributed by atoms with van der Waals surface area (Å²) in [7, 11) is 1.47. The lowest BCUT2D eigenvalue weighted by atomic mass is 10.2. The van der Waals surface area contributed by atoms with Gasteiger partial charge in [0.25, 0.3) is 0 Å². The third kappa shape index (κ3) is 4.08. The molecular formula is C10H11Cl2NO2. The number of carbonyl (C=O) groups excluding carboxylic acids is 1. The van der Waals surface area contributed by atoms with Crippen LogP contribution in [-0.4, -0.2) is 19.6 Å². The minimum atomic E-state index is -0.177. The standard InChI is InChI=1S/C10H11Cl2NO2/c1-15-6-10(14)13-5-7-2-3-8(11)4-9(7)12/h2-4H,5-6H2,1H3,(H,13,14). The molecule has 0 aromatic heterocycles. The Bertz CT molecular complexity index is 355. The van der Waals surface area contributed by atoms with Crippen LogP contribution in [0.25, 0.3) is 0 Å². The van der Waals surface area contributed by atoms with Crippen LogP contribution in [0.4, 0.5) is 0 Å². The molecule has 0 atom stereocenters. The van der Waals surface area contributed by atoms with Crippen molar-refractivity contribution in [3.05, 3.63) is 33.8 Å². The Balaban J connectivity index is 2.54. The van der Waals surface area contributed by atoms with E-state index in [9.17, 15) is 4.79 Å². The number of rotatable bonds is 4. The van der Waals surface area contributed by atoms with E-state index in [2.05, 4.69) is 10.1 Å². The van der Waals surface area contributed by atoms with E-state index in [4.69, 9.17) is 23.2 Å². The fourth-order valence-electron chi connectivity index (χ4n) is 1.04. The molecule has 0 aliphatic heterocycles. The molecular weight excluding hydrogens is 237 g/mol. The number of carbonyl (C=O) groups is 1.